The number of nitrogens with one attached hydrogen (secondary N) is 1. The zero-order chi connectivity index (χ0) is 26.9. The monoisotopic (exact) mass is 525 g/mol. The Morgan fingerprint density at radius 1 is 1.18 bits per heavy atom. The van der Waals surface area contributed by atoms with Crippen molar-refractivity contribution in [1.29, 1.82) is 0 Å². The first-order valence-electron chi connectivity index (χ1n) is 13.1. The maximum Gasteiger partial charge on any atom is 0.317 e. The fraction of sp³-hybridized carbons (Fsp3) is 0.464. The van der Waals surface area contributed by atoms with Gasteiger partial charge in [-0.1, -0.05) is 37.3 Å². The Balaban J connectivity index is 1.57. The van der Waals surface area contributed by atoms with Crippen LogP contribution in [0.1, 0.15) is 36.9 Å². The lowest BCUT2D eigenvalue weighted by Crippen LogP contribution is -2.49. The summed E-state index contributed by atoms with van der Waals surface area (Å²) in [5.74, 6) is -0.105. The highest BCUT2D eigenvalue weighted by Crippen LogP contribution is 2.34. The highest BCUT2D eigenvalue weighted by atomic mass is 19.1. The maximum atomic E-state index is 14.9. The van der Waals surface area contributed by atoms with E-state index in [9.17, 15) is 14.0 Å². The van der Waals surface area contributed by atoms with Crippen LogP contribution in [0.5, 0.6) is 5.75 Å². The molecule has 2 aliphatic heterocycles. The Morgan fingerprint density at radius 2 is 1.97 bits per heavy atom. The van der Waals surface area contributed by atoms with Gasteiger partial charge in [0.2, 0.25) is 0 Å². The number of hydrogen-bond donors (Lipinski definition) is 1. The van der Waals surface area contributed by atoms with Gasteiger partial charge in [0.25, 0.3) is 5.91 Å². The second kappa shape index (κ2) is 13.3. The Labute approximate surface area is 223 Å². The topological polar surface area (TPSA) is 86.7 Å². The molecule has 1 atom stereocenters. The number of nitrogens with zero attached hydrogens (tertiary/aromatic N) is 4. The minimum atomic E-state index is -0.621. The molecule has 0 radical (unpaired) electrons. The summed E-state index contributed by atoms with van der Waals surface area (Å²) < 4.78 is 25.6. The Bertz CT molecular complexity index is 1140. The first-order valence-corrected chi connectivity index (χ1v) is 13.1. The molecule has 0 spiro atoms. The Kier molecular flexibility index (Phi) is 9.67. The first-order chi connectivity index (χ1) is 18.5. The fourth-order valence-electron chi connectivity index (χ4n) is 4.62. The molecule has 1 fully saturated rings. The molecule has 0 bridgehead atoms. The molecule has 4 rings (SSSR count). The summed E-state index contributed by atoms with van der Waals surface area (Å²) >= 11 is 0. The molecule has 2 aromatic carbocycles. The number of methoxy groups -OCH3 is 1. The number of hydrazone groups is 1. The predicted molar refractivity (Wildman–Crippen MR) is 143 cm³/mol. The van der Waals surface area contributed by atoms with Crippen LogP contribution in [0.15, 0.2) is 53.6 Å². The van der Waals surface area contributed by atoms with Gasteiger partial charge in [-0.05, 0) is 24.6 Å². The fourth-order valence-corrected chi connectivity index (χ4v) is 4.62. The highest BCUT2D eigenvalue weighted by Gasteiger charge is 2.36. The molecular weight excluding hydrogens is 489 g/mol. The van der Waals surface area contributed by atoms with Gasteiger partial charge in [0.15, 0.2) is 0 Å². The molecule has 0 saturated carbocycles. The maximum absolute atomic E-state index is 14.9. The van der Waals surface area contributed by atoms with E-state index in [0.717, 1.165) is 25.1 Å². The van der Waals surface area contributed by atoms with E-state index in [1.165, 1.54) is 16.0 Å². The van der Waals surface area contributed by atoms with Crippen LogP contribution in [-0.4, -0.2) is 92.1 Å². The first kappa shape index (κ1) is 27.5. The number of morpholine rings is 1. The Hall–Kier alpha value is -3.50. The predicted octanol–water partition coefficient (Wildman–Crippen LogP) is 3.27. The summed E-state index contributed by atoms with van der Waals surface area (Å²) in [7, 11) is 1.59. The molecule has 1 N–H and O–H groups in total. The second-order valence-electron chi connectivity index (χ2n) is 9.37. The number of carbonyl (C=O) groups excluding carboxylic acids is 2. The summed E-state index contributed by atoms with van der Waals surface area (Å²) in [6, 6.07) is 12.9. The van der Waals surface area contributed by atoms with Crippen molar-refractivity contribution in [2.45, 2.75) is 25.8 Å². The van der Waals surface area contributed by atoms with Crippen molar-refractivity contribution in [2.75, 3.05) is 59.6 Å². The number of hydrogen-bond acceptors (Lipinski definition) is 6. The van der Waals surface area contributed by atoms with Crippen molar-refractivity contribution in [3.8, 4) is 5.75 Å². The summed E-state index contributed by atoms with van der Waals surface area (Å²) in [6.45, 7) is 6.21. The van der Waals surface area contributed by atoms with Gasteiger partial charge < -0.3 is 19.7 Å². The summed E-state index contributed by atoms with van der Waals surface area (Å²) in [4.78, 5) is 30.4. The van der Waals surface area contributed by atoms with E-state index in [4.69, 9.17) is 9.47 Å². The van der Waals surface area contributed by atoms with Gasteiger partial charge in [-0.2, -0.15) is 5.10 Å². The van der Waals surface area contributed by atoms with E-state index in [-0.39, 0.29) is 18.5 Å². The van der Waals surface area contributed by atoms with E-state index >= 15 is 0 Å². The molecule has 2 heterocycles. The molecular formula is C28H36FN5O4. The van der Waals surface area contributed by atoms with Gasteiger partial charge in [-0.3, -0.25) is 9.69 Å². The van der Waals surface area contributed by atoms with Crippen LogP contribution in [0.25, 0.3) is 0 Å². The van der Waals surface area contributed by atoms with E-state index in [1.807, 2.05) is 31.2 Å². The third-order valence-corrected chi connectivity index (χ3v) is 6.76. The van der Waals surface area contributed by atoms with Gasteiger partial charge >= 0.3 is 6.03 Å². The standard InChI is InChI=1S/C28H36FN5O4/c1-3-11-30-28(36)33(13-12-32-14-16-38-17-15-32)20-27(35)34-26(23-9-4-5-10-24(23)29)19-25(31-34)21-7-6-8-22(18-21)37-2/h4-10,18,26H,3,11-17,19-20H2,1-2H3,(H,30,36)/t26-/m1/s1. The number of rotatable bonds is 10. The van der Waals surface area contributed by atoms with Crippen LogP contribution in [0.2, 0.25) is 0 Å². The van der Waals surface area contributed by atoms with E-state index in [1.54, 1.807) is 25.3 Å². The quantitative estimate of drug-likeness (QED) is 0.515. The highest BCUT2D eigenvalue weighted by molar-refractivity contribution is 6.03. The molecule has 0 unspecified atom stereocenters. The van der Waals surface area contributed by atoms with Crippen molar-refractivity contribution in [3.05, 3.63) is 65.5 Å². The van der Waals surface area contributed by atoms with Crippen molar-refractivity contribution in [1.82, 2.24) is 20.1 Å². The number of ether oxygens (including phenoxy) is 2. The van der Waals surface area contributed by atoms with Crippen LogP contribution < -0.4 is 10.1 Å². The molecule has 0 aromatic heterocycles. The molecule has 204 valence electrons. The summed E-state index contributed by atoms with van der Waals surface area (Å²) in [6.07, 6.45) is 1.13. The molecule has 3 amide bonds. The zero-order valence-electron chi connectivity index (χ0n) is 22.1. The number of urea groups is 1. The van der Waals surface area contributed by atoms with E-state index < -0.39 is 11.9 Å². The SMILES string of the molecule is CCCNC(=O)N(CCN1CCOCC1)CC(=O)N1N=C(c2cccc(OC)c2)C[C@@H]1c1ccccc1F. The smallest absolute Gasteiger partial charge is 0.317 e. The van der Waals surface area contributed by atoms with Crippen LogP contribution in [-0.2, 0) is 9.53 Å². The van der Waals surface area contributed by atoms with Gasteiger partial charge in [0.1, 0.15) is 18.1 Å². The summed E-state index contributed by atoms with van der Waals surface area (Å²) in [5.41, 5.74) is 1.84. The van der Waals surface area contributed by atoms with Gasteiger partial charge in [-0.25, -0.2) is 14.2 Å². The Morgan fingerprint density at radius 3 is 2.71 bits per heavy atom. The lowest BCUT2D eigenvalue weighted by atomic mass is 9.98. The lowest BCUT2D eigenvalue weighted by molar-refractivity contribution is -0.133. The lowest BCUT2D eigenvalue weighted by Gasteiger charge is -2.31. The van der Waals surface area contributed by atoms with Gasteiger partial charge in [0, 0.05) is 50.3 Å². The van der Waals surface area contributed by atoms with Crippen molar-refractivity contribution < 1.29 is 23.5 Å². The number of amides is 3. The normalized spacial score (nSPS) is 17.7. The average Bonchev–Trinajstić information content (AvgIpc) is 3.40. The molecule has 2 aliphatic rings. The zero-order valence-corrected chi connectivity index (χ0v) is 22.1. The average molecular weight is 526 g/mol. The molecule has 1 saturated heterocycles. The minimum Gasteiger partial charge on any atom is -0.497 e. The van der Waals surface area contributed by atoms with Gasteiger partial charge in [-0.15, -0.1) is 0 Å². The van der Waals surface area contributed by atoms with Gasteiger partial charge in [0.05, 0.1) is 32.1 Å². The van der Waals surface area contributed by atoms with Crippen molar-refractivity contribution in [3.63, 3.8) is 0 Å². The second-order valence-corrected chi connectivity index (χ2v) is 9.37. The third kappa shape index (κ3) is 6.87. The van der Waals surface area contributed by atoms with Crippen LogP contribution in [0.4, 0.5) is 9.18 Å². The minimum absolute atomic E-state index is 0.167. The van der Waals surface area contributed by atoms with E-state index in [2.05, 4.69) is 15.3 Å². The molecule has 2 aromatic rings. The summed E-state index contributed by atoms with van der Waals surface area (Å²) in [5, 5.41) is 8.86. The van der Waals surface area contributed by atoms with Crippen molar-refractivity contribution >= 4 is 17.6 Å². The molecule has 0 aliphatic carbocycles. The largest absolute Gasteiger partial charge is 0.497 e. The number of carbonyl (C=O) groups is 2. The van der Waals surface area contributed by atoms with Crippen LogP contribution >= 0.6 is 0 Å². The molecule has 9 nitrogen and oxygen atoms in total. The van der Waals surface area contributed by atoms with E-state index in [0.29, 0.717) is 56.3 Å². The number of benzene rings is 2. The third-order valence-electron chi connectivity index (χ3n) is 6.76. The molecule has 10 heteroatoms. The van der Waals surface area contributed by atoms with Crippen LogP contribution in [0.3, 0.4) is 0 Å². The number of halogens is 1. The van der Waals surface area contributed by atoms with Crippen molar-refractivity contribution in [2.24, 2.45) is 5.10 Å². The van der Waals surface area contributed by atoms with Crippen LogP contribution in [0, 0.1) is 5.82 Å². The molecule has 38 heavy (non-hydrogen) atoms.